The van der Waals surface area contributed by atoms with Crippen LogP contribution in [0, 0.1) is 13.8 Å². The quantitative estimate of drug-likeness (QED) is 0.695. The molecule has 0 atom stereocenters. The highest BCUT2D eigenvalue weighted by Crippen LogP contribution is 2.22. The molecule has 3 rings (SSSR count). The van der Waals surface area contributed by atoms with Crippen LogP contribution in [0.25, 0.3) is 11.2 Å². The predicted molar refractivity (Wildman–Crippen MR) is 82.5 cm³/mol. The van der Waals surface area contributed by atoms with E-state index >= 15 is 0 Å². The van der Waals surface area contributed by atoms with Gasteiger partial charge in [0, 0.05) is 24.8 Å². The molecule has 0 N–H and O–H groups in total. The highest BCUT2D eigenvalue weighted by molar-refractivity contribution is 6.16. The van der Waals surface area contributed by atoms with Gasteiger partial charge in [0.1, 0.15) is 11.3 Å². The standard InChI is InChI=1S/C14H19ClN6/c1-5-21-14-13(9(2)18-21)17-12(6-15)20(14)8-11-7-16-19(4)10(11)3/h7H,5-6,8H2,1-4H3. The maximum absolute atomic E-state index is 6.09. The number of fused-ring (bicyclic) bond motifs is 1. The van der Waals surface area contributed by atoms with Gasteiger partial charge in [0.2, 0.25) is 0 Å². The fourth-order valence-electron chi connectivity index (χ4n) is 2.63. The van der Waals surface area contributed by atoms with Gasteiger partial charge in [-0.3, -0.25) is 4.68 Å². The van der Waals surface area contributed by atoms with Crippen molar-refractivity contribution in [2.45, 2.75) is 39.7 Å². The zero-order valence-electron chi connectivity index (χ0n) is 12.8. The third kappa shape index (κ3) is 2.14. The van der Waals surface area contributed by atoms with Crippen molar-refractivity contribution in [3.8, 4) is 0 Å². The Balaban J connectivity index is 2.18. The Labute approximate surface area is 128 Å². The monoisotopic (exact) mass is 306 g/mol. The molecule has 0 saturated carbocycles. The third-order valence-corrected chi connectivity index (χ3v) is 4.20. The van der Waals surface area contributed by atoms with Crippen LogP contribution < -0.4 is 0 Å². The molecule has 7 heteroatoms. The van der Waals surface area contributed by atoms with Crippen LogP contribution in [-0.4, -0.2) is 29.1 Å². The molecule has 0 fully saturated rings. The summed E-state index contributed by atoms with van der Waals surface area (Å²) in [5, 5.41) is 8.85. The zero-order chi connectivity index (χ0) is 15.1. The summed E-state index contributed by atoms with van der Waals surface area (Å²) in [6, 6.07) is 0. The average Bonchev–Trinajstić information content (AvgIpc) is 3.09. The Bertz CT molecular complexity index is 794. The minimum atomic E-state index is 0.386. The maximum Gasteiger partial charge on any atom is 0.159 e. The molecule has 0 aliphatic heterocycles. The van der Waals surface area contributed by atoms with Gasteiger partial charge in [0.25, 0.3) is 0 Å². The molecule has 0 aromatic carbocycles. The smallest absolute Gasteiger partial charge is 0.159 e. The first-order chi connectivity index (χ1) is 10.1. The molecule has 0 amide bonds. The van der Waals surface area contributed by atoms with Crippen LogP contribution in [0.1, 0.15) is 29.7 Å². The van der Waals surface area contributed by atoms with Crippen molar-refractivity contribution in [3.05, 3.63) is 29.0 Å². The van der Waals surface area contributed by atoms with Crippen molar-refractivity contribution in [2.75, 3.05) is 0 Å². The largest absolute Gasteiger partial charge is 0.307 e. The van der Waals surface area contributed by atoms with E-state index in [2.05, 4.69) is 33.6 Å². The van der Waals surface area contributed by atoms with E-state index in [1.54, 1.807) is 0 Å². The number of hydrogen-bond donors (Lipinski definition) is 0. The summed E-state index contributed by atoms with van der Waals surface area (Å²) in [5.41, 5.74) is 5.24. The van der Waals surface area contributed by atoms with Crippen molar-refractivity contribution in [1.82, 2.24) is 29.1 Å². The number of halogens is 1. The SMILES string of the molecule is CCn1nc(C)c2nc(CCl)n(Cc3cnn(C)c3C)c21. The zero-order valence-corrected chi connectivity index (χ0v) is 13.5. The van der Waals surface area contributed by atoms with E-state index in [0.717, 1.165) is 34.9 Å². The van der Waals surface area contributed by atoms with E-state index in [-0.39, 0.29) is 0 Å². The lowest BCUT2D eigenvalue weighted by atomic mass is 10.2. The maximum atomic E-state index is 6.09. The lowest BCUT2D eigenvalue weighted by Crippen LogP contribution is -2.09. The minimum absolute atomic E-state index is 0.386. The summed E-state index contributed by atoms with van der Waals surface area (Å²) >= 11 is 6.09. The van der Waals surface area contributed by atoms with Gasteiger partial charge >= 0.3 is 0 Å². The lowest BCUT2D eigenvalue weighted by Gasteiger charge is -2.09. The molecule has 0 aliphatic carbocycles. The summed E-state index contributed by atoms with van der Waals surface area (Å²) in [5.74, 6) is 1.26. The molecule has 112 valence electrons. The molecule has 3 aromatic heterocycles. The van der Waals surface area contributed by atoms with Crippen LogP contribution in [0.2, 0.25) is 0 Å². The van der Waals surface area contributed by atoms with Crippen molar-refractivity contribution in [2.24, 2.45) is 7.05 Å². The number of hydrogen-bond acceptors (Lipinski definition) is 3. The highest BCUT2D eigenvalue weighted by Gasteiger charge is 2.19. The third-order valence-electron chi connectivity index (χ3n) is 3.96. The van der Waals surface area contributed by atoms with Crippen LogP contribution >= 0.6 is 11.6 Å². The lowest BCUT2D eigenvalue weighted by molar-refractivity contribution is 0.637. The first kappa shape index (κ1) is 14.1. The van der Waals surface area contributed by atoms with Crippen molar-refractivity contribution >= 4 is 22.8 Å². The Kier molecular flexibility index (Phi) is 3.49. The van der Waals surface area contributed by atoms with E-state index < -0.39 is 0 Å². The van der Waals surface area contributed by atoms with E-state index in [1.807, 2.05) is 29.5 Å². The van der Waals surface area contributed by atoms with E-state index in [9.17, 15) is 0 Å². The molecule has 0 spiro atoms. The molecule has 0 aliphatic rings. The van der Waals surface area contributed by atoms with Gasteiger partial charge in [0.05, 0.1) is 24.3 Å². The second-order valence-electron chi connectivity index (χ2n) is 5.20. The second-order valence-corrected chi connectivity index (χ2v) is 5.47. The van der Waals surface area contributed by atoms with E-state index in [1.165, 1.54) is 5.56 Å². The molecule has 3 aromatic rings. The summed E-state index contributed by atoms with van der Waals surface area (Å²) in [6.45, 7) is 7.66. The molecule has 3 heterocycles. The van der Waals surface area contributed by atoms with Crippen LogP contribution in [0.15, 0.2) is 6.20 Å². The van der Waals surface area contributed by atoms with Crippen molar-refractivity contribution in [1.29, 1.82) is 0 Å². The number of alkyl halides is 1. The normalized spacial score (nSPS) is 11.7. The van der Waals surface area contributed by atoms with Gasteiger partial charge in [-0.15, -0.1) is 11.6 Å². The topological polar surface area (TPSA) is 53.5 Å². The number of imidazole rings is 1. The van der Waals surface area contributed by atoms with Gasteiger partial charge in [-0.05, 0) is 20.8 Å². The summed E-state index contributed by atoms with van der Waals surface area (Å²) in [4.78, 5) is 4.65. The van der Waals surface area contributed by atoms with E-state index in [4.69, 9.17) is 11.6 Å². The number of aromatic nitrogens is 6. The van der Waals surface area contributed by atoms with Gasteiger partial charge in [-0.25, -0.2) is 9.67 Å². The Morgan fingerprint density at radius 3 is 2.62 bits per heavy atom. The van der Waals surface area contributed by atoms with Crippen molar-refractivity contribution < 1.29 is 0 Å². The molecule has 0 unspecified atom stereocenters. The average molecular weight is 307 g/mol. The molecule has 0 saturated heterocycles. The van der Waals surface area contributed by atoms with Crippen LogP contribution in [0.5, 0.6) is 0 Å². The second kappa shape index (κ2) is 5.18. The molecular formula is C14H19ClN6. The molecular weight excluding hydrogens is 288 g/mol. The van der Waals surface area contributed by atoms with Crippen LogP contribution in [-0.2, 0) is 26.0 Å². The number of aryl methyl sites for hydroxylation is 3. The first-order valence-corrected chi connectivity index (χ1v) is 7.56. The fourth-order valence-corrected chi connectivity index (χ4v) is 2.83. The van der Waals surface area contributed by atoms with Crippen molar-refractivity contribution in [3.63, 3.8) is 0 Å². The van der Waals surface area contributed by atoms with Crippen LogP contribution in [0.3, 0.4) is 0 Å². The Morgan fingerprint density at radius 1 is 1.29 bits per heavy atom. The molecule has 21 heavy (non-hydrogen) atoms. The van der Waals surface area contributed by atoms with Crippen LogP contribution in [0.4, 0.5) is 0 Å². The highest BCUT2D eigenvalue weighted by atomic mass is 35.5. The van der Waals surface area contributed by atoms with Gasteiger partial charge in [-0.1, -0.05) is 0 Å². The van der Waals surface area contributed by atoms with E-state index in [0.29, 0.717) is 12.4 Å². The van der Waals surface area contributed by atoms with Gasteiger partial charge in [-0.2, -0.15) is 10.2 Å². The summed E-state index contributed by atoms with van der Waals surface area (Å²) in [6.07, 6.45) is 1.90. The summed E-state index contributed by atoms with van der Waals surface area (Å²) < 4.78 is 6.02. The fraction of sp³-hybridized carbons (Fsp3) is 0.500. The molecule has 0 radical (unpaired) electrons. The Hall–Kier alpha value is -1.82. The minimum Gasteiger partial charge on any atom is -0.307 e. The number of nitrogens with zero attached hydrogens (tertiary/aromatic N) is 6. The molecule has 0 bridgehead atoms. The number of rotatable bonds is 4. The van der Waals surface area contributed by atoms with Gasteiger partial charge in [0.15, 0.2) is 5.65 Å². The summed E-state index contributed by atoms with van der Waals surface area (Å²) in [7, 11) is 1.95. The van der Waals surface area contributed by atoms with Gasteiger partial charge < -0.3 is 4.57 Å². The molecule has 6 nitrogen and oxygen atoms in total. The predicted octanol–water partition coefficient (Wildman–Crippen LogP) is 2.39. The first-order valence-electron chi connectivity index (χ1n) is 7.02. The Morgan fingerprint density at radius 2 is 2.05 bits per heavy atom.